The van der Waals surface area contributed by atoms with Crippen LogP contribution in [0.4, 0.5) is 0 Å². The summed E-state index contributed by atoms with van der Waals surface area (Å²) in [6.07, 6.45) is 0.301. The quantitative estimate of drug-likeness (QED) is 0.790. The number of methoxy groups -OCH3 is 1. The Morgan fingerprint density at radius 3 is 2.42 bits per heavy atom. The van der Waals surface area contributed by atoms with Gasteiger partial charge in [-0.15, -0.1) is 0 Å². The highest BCUT2D eigenvalue weighted by Crippen LogP contribution is 2.21. The van der Waals surface area contributed by atoms with Crippen molar-refractivity contribution < 1.29 is 9.53 Å². The van der Waals surface area contributed by atoms with Gasteiger partial charge in [-0.25, -0.2) is 0 Å². The van der Waals surface area contributed by atoms with Gasteiger partial charge in [-0.1, -0.05) is 44.2 Å². The van der Waals surface area contributed by atoms with E-state index in [0.717, 1.165) is 12.0 Å². The zero-order valence-electron chi connectivity index (χ0n) is 11.9. The number of carbonyl (C=O) groups is 1. The molecule has 2 atom stereocenters. The summed E-state index contributed by atoms with van der Waals surface area (Å²) in [4.78, 5) is 12.1. The van der Waals surface area contributed by atoms with Crippen molar-refractivity contribution in [1.82, 2.24) is 5.32 Å². The van der Waals surface area contributed by atoms with Gasteiger partial charge in [-0.05, 0) is 17.9 Å². The Hall–Kier alpha value is -1.39. The molecule has 3 N–H and O–H groups in total. The van der Waals surface area contributed by atoms with Gasteiger partial charge in [0.05, 0.1) is 6.04 Å². The van der Waals surface area contributed by atoms with Crippen molar-refractivity contribution in [2.75, 3.05) is 13.7 Å². The first-order valence-corrected chi connectivity index (χ1v) is 6.66. The average Bonchev–Trinajstić information content (AvgIpc) is 2.40. The van der Waals surface area contributed by atoms with E-state index in [4.69, 9.17) is 10.5 Å². The molecule has 0 aliphatic rings. The van der Waals surface area contributed by atoms with Crippen LogP contribution in [-0.2, 0) is 9.53 Å². The summed E-state index contributed by atoms with van der Waals surface area (Å²) in [6.45, 7) is 4.46. The van der Waals surface area contributed by atoms with Crippen LogP contribution in [0.25, 0.3) is 0 Å². The fraction of sp³-hybridized carbons (Fsp3) is 0.533. The lowest BCUT2D eigenvalue weighted by Crippen LogP contribution is -2.42. The molecule has 1 amide bonds. The van der Waals surface area contributed by atoms with Crippen molar-refractivity contribution in [3.63, 3.8) is 0 Å². The van der Waals surface area contributed by atoms with Gasteiger partial charge in [0, 0.05) is 13.7 Å². The highest BCUT2D eigenvalue weighted by atomic mass is 16.5. The average molecular weight is 264 g/mol. The predicted molar refractivity (Wildman–Crippen MR) is 76.6 cm³/mol. The molecule has 0 fully saturated rings. The number of rotatable bonds is 7. The minimum absolute atomic E-state index is 0.00194. The Bertz CT molecular complexity index is 375. The molecular weight excluding hydrogens is 240 g/mol. The third-order valence-corrected chi connectivity index (χ3v) is 3.02. The largest absolute Gasteiger partial charge is 0.370 e. The molecule has 1 rings (SSSR count). The van der Waals surface area contributed by atoms with Crippen molar-refractivity contribution in [2.45, 2.75) is 32.4 Å². The number of hydrogen-bond donors (Lipinski definition) is 2. The number of ether oxygens (including phenoxy) is 1. The highest BCUT2D eigenvalue weighted by Gasteiger charge is 2.21. The Morgan fingerprint density at radius 2 is 1.95 bits per heavy atom. The molecule has 2 unspecified atom stereocenters. The second-order valence-corrected chi connectivity index (χ2v) is 5.06. The summed E-state index contributed by atoms with van der Waals surface area (Å²) < 4.78 is 5.07. The number of hydrogen-bond acceptors (Lipinski definition) is 3. The highest BCUT2D eigenvalue weighted by molar-refractivity contribution is 5.81. The lowest BCUT2D eigenvalue weighted by atomic mass is 9.97. The third kappa shape index (κ3) is 5.01. The topological polar surface area (TPSA) is 64.3 Å². The maximum atomic E-state index is 12.1. The van der Waals surface area contributed by atoms with Crippen molar-refractivity contribution in [3.05, 3.63) is 35.9 Å². The van der Waals surface area contributed by atoms with Crippen LogP contribution >= 0.6 is 0 Å². The van der Waals surface area contributed by atoms with Gasteiger partial charge in [0.15, 0.2) is 0 Å². The first kappa shape index (κ1) is 15.7. The van der Waals surface area contributed by atoms with Gasteiger partial charge in [0.2, 0.25) is 0 Å². The van der Waals surface area contributed by atoms with Crippen molar-refractivity contribution in [3.8, 4) is 0 Å². The fourth-order valence-corrected chi connectivity index (χ4v) is 2.01. The molecule has 4 nitrogen and oxygen atoms in total. The molecule has 0 heterocycles. The molecule has 0 saturated heterocycles. The number of nitrogens with two attached hydrogens (primary N) is 1. The second kappa shape index (κ2) is 7.92. The first-order valence-electron chi connectivity index (χ1n) is 6.66. The Balaban J connectivity index is 2.78. The zero-order valence-corrected chi connectivity index (χ0v) is 11.9. The van der Waals surface area contributed by atoms with Gasteiger partial charge >= 0.3 is 0 Å². The van der Waals surface area contributed by atoms with Gasteiger partial charge in [0.25, 0.3) is 5.91 Å². The van der Waals surface area contributed by atoms with Crippen LogP contribution in [0.15, 0.2) is 30.3 Å². The van der Waals surface area contributed by atoms with Crippen LogP contribution in [0.2, 0.25) is 0 Å². The molecule has 0 radical (unpaired) electrons. The van der Waals surface area contributed by atoms with Crippen LogP contribution in [0.5, 0.6) is 0 Å². The summed E-state index contributed by atoms with van der Waals surface area (Å²) in [6, 6.07) is 9.97. The standard InChI is InChI=1S/C15H24N2O2/c1-11(2)9-13(12-7-5-4-6-8-12)17-15(18)14(10-16)19-3/h4-8,11,13-14H,9-10,16H2,1-3H3,(H,17,18). The number of carbonyl (C=O) groups excluding carboxylic acids is 1. The molecule has 4 heteroatoms. The summed E-state index contributed by atoms with van der Waals surface area (Å²) >= 11 is 0. The molecule has 0 aromatic heterocycles. The van der Waals surface area contributed by atoms with Gasteiger partial charge in [0.1, 0.15) is 6.10 Å². The Morgan fingerprint density at radius 1 is 1.32 bits per heavy atom. The van der Waals surface area contributed by atoms with E-state index < -0.39 is 6.10 Å². The first-order chi connectivity index (χ1) is 9.08. The van der Waals surface area contributed by atoms with E-state index in [2.05, 4.69) is 19.2 Å². The summed E-state index contributed by atoms with van der Waals surface area (Å²) in [5.74, 6) is 0.337. The molecule has 0 aliphatic carbocycles. The van der Waals surface area contributed by atoms with E-state index in [1.54, 1.807) is 0 Å². The molecule has 0 bridgehead atoms. The van der Waals surface area contributed by atoms with Crippen LogP contribution < -0.4 is 11.1 Å². The van der Waals surface area contributed by atoms with Crippen LogP contribution in [0.1, 0.15) is 31.9 Å². The van der Waals surface area contributed by atoms with E-state index in [0.29, 0.717) is 5.92 Å². The van der Waals surface area contributed by atoms with Crippen LogP contribution in [0, 0.1) is 5.92 Å². The lowest BCUT2D eigenvalue weighted by molar-refractivity contribution is -0.131. The molecule has 19 heavy (non-hydrogen) atoms. The monoisotopic (exact) mass is 264 g/mol. The van der Waals surface area contributed by atoms with Crippen molar-refractivity contribution in [1.29, 1.82) is 0 Å². The predicted octanol–water partition coefficient (Wildman–Crippen LogP) is 1.86. The molecule has 0 aliphatic heterocycles. The fourth-order valence-electron chi connectivity index (χ4n) is 2.01. The normalized spacial score (nSPS) is 14.2. The molecule has 0 spiro atoms. The van der Waals surface area contributed by atoms with E-state index >= 15 is 0 Å². The Labute approximate surface area is 115 Å². The van der Waals surface area contributed by atoms with E-state index in [1.165, 1.54) is 7.11 Å². The summed E-state index contributed by atoms with van der Waals surface area (Å²) in [5, 5.41) is 3.02. The maximum absolute atomic E-state index is 12.1. The molecule has 0 saturated carbocycles. The van der Waals surface area contributed by atoms with Crippen molar-refractivity contribution in [2.24, 2.45) is 11.7 Å². The number of nitrogens with one attached hydrogen (secondary N) is 1. The number of amides is 1. The van der Waals surface area contributed by atoms with Crippen molar-refractivity contribution >= 4 is 5.91 Å². The van der Waals surface area contributed by atoms with Crippen LogP contribution in [-0.4, -0.2) is 25.7 Å². The summed E-state index contributed by atoms with van der Waals surface area (Å²) in [7, 11) is 1.50. The third-order valence-electron chi connectivity index (χ3n) is 3.02. The minimum atomic E-state index is -0.585. The SMILES string of the molecule is COC(CN)C(=O)NC(CC(C)C)c1ccccc1. The lowest BCUT2D eigenvalue weighted by Gasteiger charge is -2.23. The summed E-state index contributed by atoms with van der Waals surface area (Å²) in [5.41, 5.74) is 6.62. The Kier molecular flexibility index (Phi) is 6.53. The molecule has 1 aromatic rings. The van der Waals surface area contributed by atoms with Crippen LogP contribution in [0.3, 0.4) is 0 Å². The van der Waals surface area contributed by atoms with E-state index in [-0.39, 0.29) is 18.5 Å². The molecule has 106 valence electrons. The molecule has 1 aromatic carbocycles. The second-order valence-electron chi connectivity index (χ2n) is 5.06. The smallest absolute Gasteiger partial charge is 0.250 e. The van der Waals surface area contributed by atoms with Gasteiger partial charge in [-0.3, -0.25) is 4.79 Å². The zero-order chi connectivity index (χ0) is 14.3. The van der Waals surface area contributed by atoms with E-state index in [1.807, 2.05) is 30.3 Å². The number of benzene rings is 1. The molecular formula is C15H24N2O2. The minimum Gasteiger partial charge on any atom is -0.370 e. The van der Waals surface area contributed by atoms with Gasteiger partial charge < -0.3 is 15.8 Å². The van der Waals surface area contributed by atoms with Gasteiger partial charge in [-0.2, -0.15) is 0 Å². The van der Waals surface area contributed by atoms with E-state index in [9.17, 15) is 4.79 Å². The maximum Gasteiger partial charge on any atom is 0.250 e.